The van der Waals surface area contributed by atoms with Gasteiger partial charge < -0.3 is 4.57 Å². The average molecular weight is 323 g/mol. The van der Waals surface area contributed by atoms with Crippen molar-refractivity contribution in [3.05, 3.63) is 64.4 Å². The predicted octanol–water partition coefficient (Wildman–Crippen LogP) is 4.30. The van der Waals surface area contributed by atoms with Crippen LogP contribution in [0.25, 0.3) is 16.8 Å². The molecule has 23 heavy (non-hydrogen) atoms. The fourth-order valence-corrected chi connectivity index (χ4v) is 4.87. The largest absolute Gasteiger partial charge is 0.309 e. The van der Waals surface area contributed by atoms with Gasteiger partial charge in [-0.3, -0.25) is 0 Å². The molecule has 1 aromatic carbocycles. The number of nitrogens with zero attached hydrogens (tertiary/aromatic N) is 2. The minimum absolute atomic E-state index is 0.188. The zero-order chi connectivity index (χ0) is 15.4. The highest BCUT2D eigenvalue weighted by Gasteiger charge is 2.36. The molecule has 2 aliphatic rings. The van der Waals surface area contributed by atoms with E-state index in [2.05, 4.69) is 32.9 Å². The smallest absolute Gasteiger partial charge is 0.243 e. The molecular weight excluding hydrogens is 307 g/mol. The second-order valence-electron chi connectivity index (χ2n) is 6.14. The van der Waals surface area contributed by atoms with Crippen molar-refractivity contribution in [1.82, 2.24) is 4.57 Å². The second kappa shape index (κ2) is 4.90. The molecule has 3 aromatic rings. The van der Waals surface area contributed by atoms with Crippen molar-refractivity contribution in [2.45, 2.75) is 12.8 Å². The molecule has 114 valence electrons. The maximum Gasteiger partial charge on any atom is 0.243 e. The van der Waals surface area contributed by atoms with E-state index in [0.29, 0.717) is 0 Å². The van der Waals surface area contributed by atoms with Crippen LogP contribution in [-0.4, -0.2) is 27.9 Å². The van der Waals surface area contributed by atoms with Crippen molar-refractivity contribution in [2.75, 3.05) is 13.1 Å². The van der Waals surface area contributed by atoms with Crippen LogP contribution in [0.3, 0.4) is 0 Å². The third-order valence-electron chi connectivity index (χ3n) is 4.79. The Bertz CT molecular complexity index is 923. The van der Waals surface area contributed by atoms with Crippen LogP contribution in [0.2, 0.25) is 0 Å². The molecule has 0 atom stereocenters. The van der Waals surface area contributed by atoms with E-state index < -0.39 is 0 Å². The van der Waals surface area contributed by atoms with E-state index in [1.54, 1.807) is 11.3 Å². The Hall–Kier alpha value is -2.20. The second-order valence-corrected chi connectivity index (χ2v) is 7.02. The summed E-state index contributed by atoms with van der Waals surface area (Å²) in [6, 6.07) is 11.1. The van der Waals surface area contributed by atoms with E-state index in [4.69, 9.17) is 0 Å². The first kappa shape index (κ1) is 13.3. The first-order valence-electron chi connectivity index (χ1n) is 8.01. The summed E-state index contributed by atoms with van der Waals surface area (Å²) in [6.45, 7) is 2.29. The quantitative estimate of drug-likeness (QED) is 0.461. The van der Waals surface area contributed by atoms with Gasteiger partial charge in [-0.25, -0.2) is 8.97 Å². The van der Waals surface area contributed by atoms with Gasteiger partial charge in [-0.2, -0.15) is 0 Å². The van der Waals surface area contributed by atoms with Gasteiger partial charge >= 0.3 is 0 Å². The molecule has 4 heterocycles. The number of thiophene rings is 1. The number of aromatic nitrogens is 1. The Labute approximate surface area is 138 Å². The Morgan fingerprint density at radius 3 is 2.61 bits per heavy atom. The molecule has 0 radical (unpaired) electrons. The first-order chi connectivity index (χ1) is 11.3. The van der Waals surface area contributed by atoms with Gasteiger partial charge in [-0.1, -0.05) is 12.1 Å². The van der Waals surface area contributed by atoms with E-state index in [0.717, 1.165) is 18.7 Å². The predicted molar refractivity (Wildman–Crippen MR) is 91.5 cm³/mol. The number of halogens is 1. The average Bonchev–Trinajstić information content (AvgIpc) is 3.30. The van der Waals surface area contributed by atoms with Crippen molar-refractivity contribution >= 4 is 17.0 Å². The Morgan fingerprint density at radius 1 is 1.04 bits per heavy atom. The molecule has 1 saturated heterocycles. The molecule has 1 fully saturated rings. The lowest BCUT2D eigenvalue weighted by Crippen LogP contribution is -2.18. The highest BCUT2D eigenvalue weighted by atomic mass is 32.1. The van der Waals surface area contributed by atoms with Gasteiger partial charge in [0.15, 0.2) is 0 Å². The van der Waals surface area contributed by atoms with E-state index in [-0.39, 0.29) is 5.82 Å². The molecule has 4 heteroatoms. The van der Waals surface area contributed by atoms with Gasteiger partial charge in [0.1, 0.15) is 29.5 Å². The lowest BCUT2D eigenvalue weighted by Gasteiger charge is -2.04. The standard InChI is InChI=1S/C19H16FN2S/c20-14-7-5-13(6-8-14)15-12-23-19-17(15)22-11-3-4-16(22)18(19)21-9-1-2-10-21/h3-8,11-12H,1-2,9-10H2/q+1. The van der Waals surface area contributed by atoms with E-state index in [9.17, 15) is 4.39 Å². The SMILES string of the molecule is Fc1ccc(-c2csc3c2-n2cccc2C3=[N+]2CCCC2)cc1. The van der Waals surface area contributed by atoms with Gasteiger partial charge in [0, 0.05) is 30.0 Å². The van der Waals surface area contributed by atoms with Gasteiger partial charge in [0.2, 0.25) is 5.71 Å². The van der Waals surface area contributed by atoms with E-state index in [1.165, 1.54) is 52.5 Å². The van der Waals surface area contributed by atoms with Crippen LogP contribution in [0, 0.1) is 5.82 Å². The summed E-state index contributed by atoms with van der Waals surface area (Å²) in [5.41, 5.74) is 6.18. The molecule has 0 spiro atoms. The zero-order valence-corrected chi connectivity index (χ0v) is 13.4. The van der Waals surface area contributed by atoms with Crippen molar-refractivity contribution in [1.29, 1.82) is 0 Å². The van der Waals surface area contributed by atoms with Crippen molar-refractivity contribution in [2.24, 2.45) is 0 Å². The number of hydrogen-bond acceptors (Lipinski definition) is 1. The molecule has 0 N–H and O–H groups in total. The molecule has 0 amide bonds. The lowest BCUT2D eigenvalue weighted by molar-refractivity contribution is -0.504. The Kier molecular flexibility index (Phi) is 2.82. The van der Waals surface area contributed by atoms with E-state index >= 15 is 0 Å². The summed E-state index contributed by atoms with van der Waals surface area (Å²) in [6.07, 6.45) is 4.68. The maximum absolute atomic E-state index is 13.2. The third-order valence-corrected chi connectivity index (χ3v) is 5.77. The molecule has 0 aliphatic carbocycles. The summed E-state index contributed by atoms with van der Waals surface area (Å²) >= 11 is 1.80. The van der Waals surface area contributed by atoms with Crippen molar-refractivity contribution in [3.63, 3.8) is 0 Å². The summed E-state index contributed by atoms with van der Waals surface area (Å²) in [4.78, 5) is 1.35. The van der Waals surface area contributed by atoms with Crippen LogP contribution in [-0.2, 0) is 0 Å². The molecule has 2 aliphatic heterocycles. The summed E-state index contributed by atoms with van der Waals surface area (Å²) in [7, 11) is 0. The minimum Gasteiger partial charge on any atom is -0.309 e. The molecule has 0 bridgehead atoms. The van der Waals surface area contributed by atoms with Crippen LogP contribution in [0.5, 0.6) is 0 Å². The lowest BCUT2D eigenvalue weighted by atomic mass is 10.1. The highest BCUT2D eigenvalue weighted by molar-refractivity contribution is 7.13. The van der Waals surface area contributed by atoms with Crippen LogP contribution < -0.4 is 0 Å². The van der Waals surface area contributed by atoms with Crippen LogP contribution >= 0.6 is 11.3 Å². The van der Waals surface area contributed by atoms with E-state index in [1.807, 2.05) is 12.1 Å². The molecule has 5 rings (SSSR count). The molecule has 0 unspecified atom stereocenters. The van der Waals surface area contributed by atoms with Crippen LogP contribution in [0.1, 0.15) is 23.4 Å². The topological polar surface area (TPSA) is 7.94 Å². The maximum atomic E-state index is 13.2. The van der Waals surface area contributed by atoms with Crippen LogP contribution in [0.15, 0.2) is 48.0 Å². The van der Waals surface area contributed by atoms with Crippen molar-refractivity contribution in [3.8, 4) is 16.8 Å². The van der Waals surface area contributed by atoms with Gasteiger partial charge in [-0.05, 0) is 29.8 Å². The zero-order valence-electron chi connectivity index (χ0n) is 12.6. The molecular formula is C19H16FN2S+. The highest BCUT2D eigenvalue weighted by Crippen LogP contribution is 2.41. The monoisotopic (exact) mass is 323 g/mol. The fraction of sp³-hybridized carbons (Fsp3) is 0.211. The summed E-state index contributed by atoms with van der Waals surface area (Å²) in [5.74, 6) is -0.188. The van der Waals surface area contributed by atoms with Crippen LogP contribution in [0.4, 0.5) is 4.39 Å². The summed E-state index contributed by atoms with van der Waals surface area (Å²) in [5, 5.41) is 2.21. The molecule has 2 nitrogen and oxygen atoms in total. The Morgan fingerprint density at radius 2 is 1.83 bits per heavy atom. The molecule has 0 saturated carbocycles. The van der Waals surface area contributed by atoms with Gasteiger partial charge in [0.05, 0.1) is 5.69 Å². The van der Waals surface area contributed by atoms with Gasteiger partial charge in [0.25, 0.3) is 0 Å². The normalized spacial score (nSPS) is 16.0. The fourth-order valence-electron chi connectivity index (χ4n) is 3.72. The first-order valence-corrected chi connectivity index (χ1v) is 8.89. The van der Waals surface area contributed by atoms with Gasteiger partial charge in [-0.15, -0.1) is 11.3 Å². The number of hydrogen-bond donors (Lipinski definition) is 0. The molecule has 2 aromatic heterocycles. The third kappa shape index (κ3) is 1.88. The van der Waals surface area contributed by atoms with Crippen molar-refractivity contribution < 1.29 is 8.97 Å². The summed E-state index contributed by atoms with van der Waals surface area (Å²) < 4.78 is 18.1. The number of fused-ring (bicyclic) bond motifs is 3. The number of benzene rings is 1. The number of rotatable bonds is 1. The Balaban J connectivity index is 1.76. The minimum atomic E-state index is -0.188.